The van der Waals surface area contributed by atoms with Gasteiger partial charge in [-0.1, -0.05) is 11.6 Å². The fourth-order valence-electron chi connectivity index (χ4n) is 0.818. The van der Waals surface area contributed by atoms with Crippen LogP contribution >= 0.6 is 27.5 Å². The molecule has 1 aromatic rings. The van der Waals surface area contributed by atoms with Crippen molar-refractivity contribution in [3.8, 4) is 0 Å². The summed E-state index contributed by atoms with van der Waals surface area (Å²) in [5.74, 6) is -1.68. The van der Waals surface area contributed by atoms with Gasteiger partial charge in [0.2, 0.25) is 0 Å². The number of carbonyl (C=O) groups is 1. The van der Waals surface area contributed by atoms with E-state index in [0.717, 1.165) is 12.1 Å². The van der Waals surface area contributed by atoms with E-state index >= 15 is 0 Å². The molecular formula is C8H5BrClF2NO2. The van der Waals surface area contributed by atoms with Crippen LogP contribution in [-0.2, 0) is 4.74 Å². The molecule has 15 heavy (non-hydrogen) atoms. The molecule has 82 valence electrons. The number of alkyl halides is 1. The molecule has 0 saturated carbocycles. The zero-order chi connectivity index (χ0) is 11.4. The molecule has 0 spiro atoms. The summed E-state index contributed by atoms with van der Waals surface area (Å²) in [6.07, 6.45) is -0.914. The van der Waals surface area contributed by atoms with Gasteiger partial charge < -0.3 is 4.74 Å². The molecule has 7 heteroatoms. The maximum Gasteiger partial charge on any atom is 0.412 e. The number of halogens is 4. The number of hydrogen-bond acceptors (Lipinski definition) is 2. The lowest BCUT2D eigenvalue weighted by molar-refractivity contribution is 0.180. The summed E-state index contributed by atoms with van der Waals surface area (Å²) in [5.41, 5.74) is -0.196. The number of amides is 1. The lowest BCUT2D eigenvalue weighted by Gasteiger charge is -2.06. The Hall–Kier alpha value is -0.880. The Kier molecular flexibility index (Phi) is 4.28. The first-order valence-electron chi connectivity index (χ1n) is 3.69. The number of benzene rings is 1. The van der Waals surface area contributed by atoms with Gasteiger partial charge in [-0.05, 0) is 28.1 Å². The summed E-state index contributed by atoms with van der Waals surface area (Å²) < 4.78 is 30.0. The third kappa shape index (κ3) is 3.04. The summed E-state index contributed by atoms with van der Waals surface area (Å²) in [5, 5.41) is 2.06. The molecule has 0 aliphatic rings. The smallest absolute Gasteiger partial charge is 0.412 e. The summed E-state index contributed by atoms with van der Waals surface area (Å²) in [4.78, 5) is 10.9. The average Bonchev–Trinajstić information content (AvgIpc) is 2.20. The number of nitrogens with one attached hydrogen (secondary N) is 1. The SMILES string of the molecule is O=C(Nc1ccc(F)c(Br)c1F)OCCl. The molecule has 1 rings (SSSR count). The quantitative estimate of drug-likeness (QED) is 0.671. The highest BCUT2D eigenvalue weighted by Gasteiger charge is 2.13. The number of ether oxygens (including phenoxy) is 1. The normalized spacial score (nSPS) is 9.87. The first-order valence-corrected chi connectivity index (χ1v) is 5.02. The third-order valence-electron chi connectivity index (χ3n) is 1.46. The largest absolute Gasteiger partial charge is 0.433 e. The molecule has 0 saturated heterocycles. The predicted octanol–water partition coefficient (Wildman–Crippen LogP) is 3.47. The lowest BCUT2D eigenvalue weighted by Crippen LogP contribution is -2.14. The monoisotopic (exact) mass is 299 g/mol. The van der Waals surface area contributed by atoms with Crippen LogP contribution in [0.5, 0.6) is 0 Å². The topological polar surface area (TPSA) is 38.3 Å². The van der Waals surface area contributed by atoms with Gasteiger partial charge in [0, 0.05) is 0 Å². The van der Waals surface area contributed by atoms with Crippen LogP contribution in [-0.4, -0.2) is 12.2 Å². The molecule has 0 unspecified atom stereocenters. The summed E-state index contributed by atoms with van der Waals surface area (Å²) in [6.45, 7) is 0. The van der Waals surface area contributed by atoms with Crippen LogP contribution in [0.2, 0.25) is 0 Å². The second-order valence-electron chi connectivity index (χ2n) is 2.39. The van der Waals surface area contributed by atoms with Crippen molar-refractivity contribution in [2.45, 2.75) is 0 Å². The van der Waals surface area contributed by atoms with Crippen molar-refractivity contribution in [1.29, 1.82) is 0 Å². The molecule has 0 atom stereocenters. The molecule has 0 radical (unpaired) electrons. The zero-order valence-corrected chi connectivity index (χ0v) is 9.53. The number of rotatable bonds is 2. The minimum atomic E-state index is -0.915. The Morgan fingerprint density at radius 3 is 2.80 bits per heavy atom. The van der Waals surface area contributed by atoms with Gasteiger partial charge in [-0.3, -0.25) is 5.32 Å². The predicted molar refractivity (Wildman–Crippen MR) is 54.9 cm³/mol. The van der Waals surface area contributed by atoms with Crippen LogP contribution in [0.1, 0.15) is 0 Å². The van der Waals surface area contributed by atoms with Crippen molar-refractivity contribution in [3.63, 3.8) is 0 Å². The lowest BCUT2D eigenvalue weighted by atomic mass is 10.3. The fourth-order valence-corrected chi connectivity index (χ4v) is 1.26. The molecule has 1 aromatic carbocycles. The van der Waals surface area contributed by atoms with Gasteiger partial charge in [-0.25, -0.2) is 13.6 Å². The van der Waals surface area contributed by atoms with Gasteiger partial charge in [0.05, 0.1) is 10.2 Å². The van der Waals surface area contributed by atoms with E-state index in [9.17, 15) is 13.6 Å². The van der Waals surface area contributed by atoms with Crippen LogP contribution in [0.3, 0.4) is 0 Å². The molecule has 3 nitrogen and oxygen atoms in total. The molecule has 1 N–H and O–H groups in total. The highest BCUT2D eigenvalue weighted by molar-refractivity contribution is 9.10. The van der Waals surface area contributed by atoms with Gasteiger partial charge in [0.25, 0.3) is 0 Å². The van der Waals surface area contributed by atoms with Crippen molar-refractivity contribution in [3.05, 3.63) is 28.2 Å². The Morgan fingerprint density at radius 2 is 2.20 bits per heavy atom. The highest BCUT2D eigenvalue weighted by atomic mass is 79.9. The van der Waals surface area contributed by atoms with E-state index < -0.39 is 17.7 Å². The fraction of sp³-hybridized carbons (Fsp3) is 0.125. The Morgan fingerprint density at radius 1 is 1.53 bits per heavy atom. The van der Waals surface area contributed by atoms with Crippen LogP contribution < -0.4 is 5.32 Å². The summed E-state index contributed by atoms with van der Waals surface area (Å²) >= 11 is 7.80. The van der Waals surface area contributed by atoms with Gasteiger partial charge >= 0.3 is 6.09 Å². The highest BCUT2D eigenvalue weighted by Crippen LogP contribution is 2.25. The van der Waals surface area contributed by atoms with E-state index in [1.165, 1.54) is 0 Å². The minimum Gasteiger partial charge on any atom is -0.433 e. The van der Waals surface area contributed by atoms with E-state index in [1.54, 1.807) is 0 Å². The molecule has 0 fully saturated rings. The molecule has 0 bridgehead atoms. The van der Waals surface area contributed by atoms with Gasteiger partial charge in [-0.15, -0.1) is 0 Å². The average molecular weight is 300 g/mol. The zero-order valence-electron chi connectivity index (χ0n) is 7.19. The number of hydrogen-bond donors (Lipinski definition) is 1. The van der Waals surface area contributed by atoms with Crippen molar-refractivity contribution in [2.75, 3.05) is 11.4 Å². The Bertz CT molecular complexity index is 389. The van der Waals surface area contributed by atoms with Gasteiger partial charge in [-0.2, -0.15) is 0 Å². The van der Waals surface area contributed by atoms with Crippen molar-refractivity contribution < 1.29 is 18.3 Å². The van der Waals surface area contributed by atoms with Gasteiger partial charge in [0.15, 0.2) is 11.9 Å². The third-order valence-corrected chi connectivity index (χ3v) is 2.29. The standard InChI is InChI=1S/C8H5BrClF2NO2/c9-6-4(11)1-2-5(7(6)12)13-8(14)15-3-10/h1-2H,3H2,(H,13,14). The number of carbonyl (C=O) groups excluding carboxylic acids is 1. The Balaban J connectivity index is 2.87. The van der Waals surface area contributed by atoms with Crippen LogP contribution in [0.15, 0.2) is 16.6 Å². The summed E-state index contributed by atoms with van der Waals surface area (Å²) in [6, 6.07) is 1.73. The molecule has 1 amide bonds. The van der Waals surface area contributed by atoms with Crippen molar-refractivity contribution in [1.82, 2.24) is 0 Å². The van der Waals surface area contributed by atoms with E-state index in [0.29, 0.717) is 0 Å². The van der Waals surface area contributed by atoms with E-state index in [2.05, 4.69) is 26.0 Å². The van der Waals surface area contributed by atoms with Crippen LogP contribution in [0.4, 0.5) is 19.3 Å². The van der Waals surface area contributed by atoms with Crippen LogP contribution in [0.25, 0.3) is 0 Å². The molecule has 0 aliphatic carbocycles. The molecule has 0 aliphatic heterocycles. The van der Waals surface area contributed by atoms with E-state index in [-0.39, 0.29) is 16.2 Å². The maximum absolute atomic E-state index is 13.3. The van der Waals surface area contributed by atoms with Crippen molar-refractivity contribution >= 4 is 39.3 Å². The Labute approximate surface area is 97.5 Å². The van der Waals surface area contributed by atoms with Gasteiger partial charge in [0.1, 0.15) is 5.82 Å². The summed E-state index contributed by atoms with van der Waals surface area (Å²) in [7, 11) is 0. The second-order valence-corrected chi connectivity index (χ2v) is 3.40. The number of anilines is 1. The molecular weight excluding hydrogens is 295 g/mol. The second kappa shape index (κ2) is 5.27. The first kappa shape index (κ1) is 12.2. The maximum atomic E-state index is 13.3. The van der Waals surface area contributed by atoms with Crippen LogP contribution in [0, 0.1) is 11.6 Å². The van der Waals surface area contributed by atoms with Crippen molar-refractivity contribution in [2.24, 2.45) is 0 Å². The van der Waals surface area contributed by atoms with E-state index in [4.69, 9.17) is 11.6 Å². The molecule has 0 heterocycles. The first-order chi connectivity index (χ1) is 7.06. The van der Waals surface area contributed by atoms with E-state index in [1.807, 2.05) is 0 Å². The molecule has 0 aromatic heterocycles. The minimum absolute atomic E-state index is 0.196.